The van der Waals surface area contributed by atoms with E-state index < -0.39 is 10.0 Å². The normalized spacial score (nSPS) is 15.6. The second kappa shape index (κ2) is 11.0. The molecule has 6 nitrogen and oxygen atoms in total. The SMILES string of the molecule is C=CCN(CC(=O)N1CCc2sccc2[C@H]1COc1ccc(C)cc1)S(=O)(=O)c1ccc(Cl)cc1. The molecule has 1 amide bonds. The van der Waals surface area contributed by atoms with Gasteiger partial charge in [-0.05, 0) is 66.8 Å². The molecule has 2 heterocycles. The molecular weight excluding hydrogens is 504 g/mol. The zero-order valence-corrected chi connectivity index (χ0v) is 21.8. The predicted molar refractivity (Wildman–Crippen MR) is 140 cm³/mol. The van der Waals surface area contributed by atoms with Crippen LogP contribution in [-0.4, -0.2) is 49.8 Å². The molecule has 0 bridgehead atoms. The van der Waals surface area contributed by atoms with Gasteiger partial charge in [-0.15, -0.1) is 17.9 Å². The van der Waals surface area contributed by atoms with Gasteiger partial charge in [0.15, 0.2) is 0 Å². The summed E-state index contributed by atoms with van der Waals surface area (Å²) in [4.78, 5) is 16.6. The van der Waals surface area contributed by atoms with Crippen molar-refractivity contribution in [1.82, 2.24) is 9.21 Å². The number of ether oxygens (including phenoxy) is 1. The summed E-state index contributed by atoms with van der Waals surface area (Å²) in [6, 6.07) is 15.4. The minimum absolute atomic E-state index is 0.0127. The molecule has 1 aromatic heterocycles. The summed E-state index contributed by atoms with van der Waals surface area (Å²) < 4.78 is 33.7. The number of carbonyl (C=O) groups is 1. The van der Waals surface area contributed by atoms with Crippen LogP contribution in [0.5, 0.6) is 5.75 Å². The number of nitrogens with zero attached hydrogens (tertiary/aromatic N) is 2. The maximum Gasteiger partial charge on any atom is 0.243 e. The summed E-state index contributed by atoms with van der Waals surface area (Å²) in [5.41, 5.74) is 2.19. The van der Waals surface area contributed by atoms with E-state index >= 15 is 0 Å². The van der Waals surface area contributed by atoms with Crippen LogP contribution in [0.25, 0.3) is 0 Å². The van der Waals surface area contributed by atoms with E-state index in [1.165, 1.54) is 35.2 Å². The maximum atomic E-state index is 13.5. The zero-order valence-electron chi connectivity index (χ0n) is 19.4. The summed E-state index contributed by atoms with van der Waals surface area (Å²) >= 11 is 7.59. The molecule has 0 aliphatic carbocycles. The molecule has 0 unspecified atom stereocenters. The number of fused-ring (bicyclic) bond motifs is 1. The van der Waals surface area contributed by atoms with Gasteiger partial charge < -0.3 is 9.64 Å². The number of benzene rings is 2. The molecule has 4 rings (SSSR count). The topological polar surface area (TPSA) is 66.9 Å². The molecule has 1 aliphatic heterocycles. The molecular formula is C26H27ClN2O4S2. The minimum Gasteiger partial charge on any atom is -0.491 e. The summed E-state index contributed by atoms with van der Waals surface area (Å²) in [5, 5.41) is 2.46. The lowest BCUT2D eigenvalue weighted by atomic mass is 10.0. The first-order chi connectivity index (χ1) is 16.8. The van der Waals surface area contributed by atoms with Crippen molar-refractivity contribution < 1.29 is 17.9 Å². The highest BCUT2D eigenvalue weighted by atomic mass is 35.5. The standard InChI is InChI=1S/C26H27ClN2O4S2/c1-3-14-28(35(31,32)22-10-6-20(27)7-11-22)17-26(30)29-15-12-25-23(13-16-34-25)24(29)18-33-21-8-4-19(2)5-9-21/h3-11,13,16,24H,1,12,14-15,17-18H2,2H3/t24-/m1/s1. The lowest BCUT2D eigenvalue weighted by Crippen LogP contribution is -2.47. The molecule has 0 radical (unpaired) electrons. The van der Waals surface area contributed by atoms with Crippen LogP contribution in [0.1, 0.15) is 22.0 Å². The summed E-state index contributed by atoms with van der Waals surface area (Å²) in [7, 11) is -3.91. The van der Waals surface area contributed by atoms with Gasteiger partial charge in [0.1, 0.15) is 12.4 Å². The van der Waals surface area contributed by atoms with Crippen molar-refractivity contribution in [2.45, 2.75) is 24.3 Å². The summed E-state index contributed by atoms with van der Waals surface area (Å²) in [6.45, 7) is 6.19. The average molecular weight is 531 g/mol. The number of sulfonamides is 1. The Bertz CT molecular complexity index is 1290. The Morgan fingerprint density at radius 1 is 1.20 bits per heavy atom. The van der Waals surface area contributed by atoms with Crippen molar-refractivity contribution in [3.8, 4) is 5.75 Å². The third-order valence-corrected chi connectivity index (χ3v) is 9.01. The molecule has 0 saturated carbocycles. The largest absolute Gasteiger partial charge is 0.491 e. The number of halogens is 1. The van der Waals surface area contributed by atoms with Gasteiger partial charge in [-0.25, -0.2) is 8.42 Å². The fourth-order valence-corrected chi connectivity index (χ4v) is 6.49. The Morgan fingerprint density at radius 2 is 1.91 bits per heavy atom. The van der Waals surface area contributed by atoms with Gasteiger partial charge in [-0.2, -0.15) is 4.31 Å². The quantitative estimate of drug-likeness (QED) is 0.361. The van der Waals surface area contributed by atoms with Crippen LogP contribution in [0.2, 0.25) is 5.02 Å². The fourth-order valence-electron chi connectivity index (χ4n) is 4.07. The van der Waals surface area contributed by atoms with E-state index in [1.54, 1.807) is 16.2 Å². The van der Waals surface area contributed by atoms with Crippen molar-refractivity contribution in [2.24, 2.45) is 0 Å². The number of rotatable bonds is 9. The van der Waals surface area contributed by atoms with E-state index in [4.69, 9.17) is 16.3 Å². The van der Waals surface area contributed by atoms with Crippen molar-refractivity contribution in [3.63, 3.8) is 0 Å². The Balaban J connectivity index is 1.55. The molecule has 1 atom stereocenters. The maximum absolute atomic E-state index is 13.5. The van der Waals surface area contributed by atoms with Gasteiger partial charge in [-0.3, -0.25) is 4.79 Å². The minimum atomic E-state index is -3.91. The van der Waals surface area contributed by atoms with E-state index in [2.05, 4.69) is 6.58 Å². The highest BCUT2D eigenvalue weighted by molar-refractivity contribution is 7.89. The number of hydrogen-bond donors (Lipinski definition) is 0. The Labute approximate surface area is 215 Å². The number of amides is 1. The van der Waals surface area contributed by atoms with Gasteiger partial charge in [0.05, 0.1) is 17.5 Å². The molecule has 35 heavy (non-hydrogen) atoms. The predicted octanol–water partition coefficient (Wildman–Crippen LogP) is 5.09. The van der Waals surface area contributed by atoms with Crippen LogP contribution in [0.3, 0.4) is 0 Å². The first-order valence-corrected chi connectivity index (χ1v) is 13.9. The number of aryl methyl sites for hydroxylation is 1. The van der Waals surface area contributed by atoms with Crippen molar-refractivity contribution in [2.75, 3.05) is 26.2 Å². The molecule has 3 aromatic rings. The third-order valence-electron chi connectivity index (χ3n) is 5.94. The van der Waals surface area contributed by atoms with Crippen molar-refractivity contribution >= 4 is 38.9 Å². The number of thiophene rings is 1. The Kier molecular flexibility index (Phi) is 7.96. The van der Waals surface area contributed by atoms with Gasteiger partial charge in [0, 0.05) is 23.0 Å². The van der Waals surface area contributed by atoms with Crippen LogP contribution < -0.4 is 4.74 Å². The highest BCUT2D eigenvalue weighted by Crippen LogP contribution is 2.34. The average Bonchev–Trinajstić information content (AvgIpc) is 3.32. The first-order valence-electron chi connectivity index (χ1n) is 11.2. The summed E-state index contributed by atoms with van der Waals surface area (Å²) in [5.74, 6) is 0.447. The summed E-state index contributed by atoms with van der Waals surface area (Å²) in [6.07, 6.45) is 2.21. The van der Waals surface area contributed by atoms with Crippen LogP contribution in [0.4, 0.5) is 0 Å². The fraction of sp³-hybridized carbons (Fsp3) is 0.269. The molecule has 9 heteroatoms. The number of hydrogen-bond acceptors (Lipinski definition) is 5. The third kappa shape index (κ3) is 5.78. The second-order valence-electron chi connectivity index (χ2n) is 8.32. The second-order valence-corrected chi connectivity index (χ2v) is 11.7. The monoisotopic (exact) mass is 530 g/mol. The van der Waals surface area contributed by atoms with E-state index in [0.717, 1.165) is 27.6 Å². The van der Waals surface area contributed by atoms with Crippen molar-refractivity contribution in [3.05, 3.63) is 93.7 Å². The van der Waals surface area contributed by atoms with Gasteiger partial charge in [0.2, 0.25) is 15.9 Å². The highest BCUT2D eigenvalue weighted by Gasteiger charge is 2.35. The van der Waals surface area contributed by atoms with Crippen LogP contribution >= 0.6 is 22.9 Å². The molecule has 0 N–H and O–H groups in total. The lowest BCUT2D eigenvalue weighted by molar-refractivity contribution is -0.135. The van der Waals surface area contributed by atoms with E-state index in [-0.39, 0.29) is 36.5 Å². The van der Waals surface area contributed by atoms with Crippen molar-refractivity contribution in [1.29, 1.82) is 0 Å². The Hall–Kier alpha value is -2.65. The van der Waals surface area contributed by atoms with Crippen LogP contribution in [-0.2, 0) is 21.2 Å². The molecule has 184 valence electrons. The van der Waals surface area contributed by atoms with Gasteiger partial charge in [0.25, 0.3) is 0 Å². The molecule has 0 spiro atoms. The smallest absolute Gasteiger partial charge is 0.243 e. The lowest BCUT2D eigenvalue weighted by Gasteiger charge is -2.36. The van der Waals surface area contributed by atoms with E-state index in [9.17, 15) is 13.2 Å². The van der Waals surface area contributed by atoms with Crippen LogP contribution in [0.15, 0.2) is 77.5 Å². The molecule has 1 aliphatic rings. The Morgan fingerprint density at radius 3 is 2.60 bits per heavy atom. The molecule has 2 aromatic carbocycles. The number of carbonyl (C=O) groups excluding carboxylic acids is 1. The molecule has 0 fully saturated rings. The van der Waals surface area contributed by atoms with E-state index in [0.29, 0.717) is 11.6 Å². The molecule has 0 saturated heterocycles. The first kappa shape index (κ1) is 25.4. The van der Waals surface area contributed by atoms with Crippen LogP contribution in [0, 0.1) is 6.92 Å². The van der Waals surface area contributed by atoms with E-state index in [1.807, 2.05) is 42.6 Å². The van der Waals surface area contributed by atoms with Gasteiger partial charge in [-0.1, -0.05) is 35.4 Å². The van der Waals surface area contributed by atoms with Gasteiger partial charge >= 0.3 is 0 Å². The zero-order chi connectivity index (χ0) is 25.0.